The lowest BCUT2D eigenvalue weighted by Gasteiger charge is -2.02. The first kappa shape index (κ1) is 14.1. The molecule has 0 saturated heterocycles. The molecule has 0 aliphatic rings. The number of rotatable bonds is 6. The summed E-state index contributed by atoms with van der Waals surface area (Å²) in [6.07, 6.45) is 8.18. The third-order valence-corrected chi connectivity index (χ3v) is 2.72. The van der Waals surface area contributed by atoms with Crippen molar-refractivity contribution in [3.8, 4) is 0 Å². The summed E-state index contributed by atoms with van der Waals surface area (Å²) >= 11 is 0. The quantitative estimate of drug-likeness (QED) is 0.460. The molecule has 0 N–H and O–H groups in total. The van der Waals surface area contributed by atoms with Crippen LogP contribution in [0.15, 0.2) is 47.2 Å². The molecule has 0 radical (unpaired) electrons. The second kappa shape index (κ2) is 7.28. The van der Waals surface area contributed by atoms with Crippen molar-refractivity contribution >= 4 is 12.0 Å². The predicted molar refractivity (Wildman–Crippen MR) is 76.0 cm³/mol. The molecule has 0 amide bonds. The van der Waals surface area contributed by atoms with Gasteiger partial charge < -0.3 is 9.15 Å². The molecule has 2 aromatic rings. The highest BCUT2D eigenvalue weighted by Gasteiger charge is 1.99. The number of aryl methyl sites for hydroxylation is 2. The molecule has 104 valence electrons. The van der Waals surface area contributed by atoms with Crippen LogP contribution in [0.25, 0.3) is 6.08 Å². The normalized spacial score (nSPS) is 10.8. The highest BCUT2D eigenvalue weighted by molar-refractivity contribution is 5.86. The Bertz CT molecular complexity index is 572. The van der Waals surface area contributed by atoms with E-state index in [0.29, 0.717) is 12.4 Å². The molecule has 0 aliphatic heterocycles. The van der Waals surface area contributed by atoms with Crippen LogP contribution in [0.1, 0.15) is 23.5 Å². The van der Waals surface area contributed by atoms with Crippen molar-refractivity contribution in [3.63, 3.8) is 0 Å². The van der Waals surface area contributed by atoms with E-state index in [1.165, 1.54) is 6.08 Å². The molecule has 20 heavy (non-hydrogen) atoms. The van der Waals surface area contributed by atoms with E-state index in [2.05, 4.69) is 4.98 Å². The Kier molecular flexibility index (Phi) is 5.12. The summed E-state index contributed by atoms with van der Waals surface area (Å²) in [5.41, 5.74) is 1.14. The third-order valence-electron chi connectivity index (χ3n) is 2.72. The van der Waals surface area contributed by atoms with Gasteiger partial charge in [-0.3, -0.25) is 4.98 Å². The number of furan rings is 1. The Labute approximate surface area is 118 Å². The van der Waals surface area contributed by atoms with Gasteiger partial charge in [0.2, 0.25) is 0 Å². The molecule has 4 nitrogen and oxygen atoms in total. The zero-order valence-corrected chi connectivity index (χ0v) is 11.4. The van der Waals surface area contributed by atoms with E-state index in [1.807, 2.05) is 37.4 Å². The van der Waals surface area contributed by atoms with E-state index < -0.39 is 0 Å². The number of pyridine rings is 1. The summed E-state index contributed by atoms with van der Waals surface area (Å²) in [4.78, 5) is 15.5. The minimum Gasteiger partial charge on any atom is -0.463 e. The van der Waals surface area contributed by atoms with Gasteiger partial charge in [-0.15, -0.1) is 0 Å². The van der Waals surface area contributed by atoms with Crippen LogP contribution in [0, 0.1) is 6.92 Å². The molecule has 0 aliphatic carbocycles. The van der Waals surface area contributed by atoms with Gasteiger partial charge in [0.25, 0.3) is 0 Å². The number of hydrogen-bond acceptors (Lipinski definition) is 4. The maximum Gasteiger partial charge on any atom is 0.330 e. The Hall–Kier alpha value is -2.36. The van der Waals surface area contributed by atoms with Gasteiger partial charge in [-0.2, -0.15) is 0 Å². The highest BCUT2D eigenvalue weighted by Crippen LogP contribution is 2.08. The van der Waals surface area contributed by atoms with E-state index in [9.17, 15) is 4.79 Å². The lowest BCUT2D eigenvalue weighted by molar-refractivity contribution is -0.137. The smallest absolute Gasteiger partial charge is 0.330 e. The van der Waals surface area contributed by atoms with Gasteiger partial charge in [0.15, 0.2) is 0 Å². The van der Waals surface area contributed by atoms with Crippen molar-refractivity contribution in [2.75, 3.05) is 6.61 Å². The highest BCUT2D eigenvalue weighted by atomic mass is 16.5. The average Bonchev–Trinajstić information content (AvgIpc) is 2.88. The van der Waals surface area contributed by atoms with Crippen LogP contribution in [-0.2, 0) is 16.0 Å². The first-order valence-electron chi connectivity index (χ1n) is 6.54. The lowest BCUT2D eigenvalue weighted by atomic mass is 10.2. The minimum absolute atomic E-state index is 0.356. The predicted octanol–water partition coefficient (Wildman–Crippen LogP) is 3.17. The number of hydrogen-bond donors (Lipinski definition) is 0. The van der Waals surface area contributed by atoms with Crippen molar-refractivity contribution in [2.24, 2.45) is 0 Å². The fourth-order valence-electron chi connectivity index (χ4n) is 1.74. The first-order chi connectivity index (χ1) is 9.74. The van der Waals surface area contributed by atoms with E-state index in [0.717, 1.165) is 24.2 Å². The first-order valence-corrected chi connectivity index (χ1v) is 6.54. The third kappa shape index (κ3) is 4.72. The van der Waals surface area contributed by atoms with Crippen molar-refractivity contribution in [3.05, 3.63) is 59.8 Å². The number of aromatic nitrogens is 1. The minimum atomic E-state index is -0.356. The fraction of sp³-hybridized carbons (Fsp3) is 0.250. The number of carbonyl (C=O) groups is 1. The molecule has 2 rings (SSSR count). The zero-order valence-electron chi connectivity index (χ0n) is 11.4. The second-order valence-corrected chi connectivity index (χ2v) is 4.41. The van der Waals surface area contributed by atoms with Crippen LogP contribution in [-0.4, -0.2) is 17.6 Å². The summed E-state index contributed by atoms with van der Waals surface area (Å²) in [6.45, 7) is 2.25. The Balaban J connectivity index is 1.66. The molecular weight excluding hydrogens is 254 g/mol. The van der Waals surface area contributed by atoms with Gasteiger partial charge >= 0.3 is 5.97 Å². The number of esters is 1. The summed E-state index contributed by atoms with van der Waals surface area (Å²) in [7, 11) is 0. The molecule has 0 fully saturated rings. The number of nitrogens with zero attached hydrogens (tertiary/aromatic N) is 1. The SMILES string of the molecule is Cc1ccc(/C=C/C(=O)OCCCc2cccnc2)o1. The molecule has 0 bridgehead atoms. The van der Waals surface area contributed by atoms with Crippen LogP contribution < -0.4 is 0 Å². The van der Waals surface area contributed by atoms with Crippen LogP contribution in [0.2, 0.25) is 0 Å². The fourth-order valence-corrected chi connectivity index (χ4v) is 1.74. The van der Waals surface area contributed by atoms with Crippen LogP contribution in [0.5, 0.6) is 0 Å². The Morgan fingerprint density at radius 2 is 2.30 bits per heavy atom. The topological polar surface area (TPSA) is 52.3 Å². The van der Waals surface area contributed by atoms with Gasteiger partial charge in [0.05, 0.1) is 6.61 Å². The van der Waals surface area contributed by atoms with Crippen molar-refractivity contribution in [1.82, 2.24) is 4.98 Å². The zero-order chi connectivity index (χ0) is 14.2. The molecule has 0 saturated carbocycles. The monoisotopic (exact) mass is 271 g/mol. The summed E-state index contributed by atoms with van der Waals surface area (Å²) in [5, 5.41) is 0. The maximum atomic E-state index is 11.5. The molecule has 0 unspecified atom stereocenters. The molecule has 0 atom stereocenters. The molecule has 2 aromatic heterocycles. The van der Waals surface area contributed by atoms with Crippen LogP contribution >= 0.6 is 0 Å². The van der Waals surface area contributed by atoms with E-state index in [-0.39, 0.29) is 5.97 Å². The summed E-state index contributed by atoms with van der Waals surface area (Å²) in [5.74, 6) is 1.11. The molecule has 2 heterocycles. The van der Waals surface area contributed by atoms with Gasteiger partial charge in [-0.05, 0) is 49.6 Å². The standard InChI is InChI=1S/C16H17NO3/c1-13-6-7-15(20-13)8-9-16(18)19-11-3-5-14-4-2-10-17-12-14/h2,4,6-10,12H,3,5,11H2,1H3/b9-8+. The number of ether oxygens (including phenoxy) is 1. The van der Waals surface area contributed by atoms with Crippen LogP contribution in [0.3, 0.4) is 0 Å². The summed E-state index contributed by atoms with van der Waals surface area (Å²) < 4.78 is 10.4. The Morgan fingerprint density at radius 1 is 1.40 bits per heavy atom. The van der Waals surface area contributed by atoms with Gasteiger partial charge in [0, 0.05) is 18.5 Å². The summed E-state index contributed by atoms with van der Waals surface area (Å²) in [6, 6.07) is 7.56. The molecule has 4 heteroatoms. The van der Waals surface area contributed by atoms with E-state index >= 15 is 0 Å². The Morgan fingerprint density at radius 3 is 3.00 bits per heavy atom. The number of carbonyl (C=O) groups excluding carboxylic acids is 1. The second-order valence-electron chi connectivity index (χ2n) is 4.41. The van der Waals surface area contributed by atoms with Crippen LogP contribution in [0.4, 0.5) is 0 Å². The van der Waals surface area contributed by atoms with Gasteiger partial charge in [-0.1, -0.05) is 6.07 Å². The maximum absolute atomic E-state index is 11.5. The molecule has 0 spiro atoms. The molecular formula is C16H17NO3. The van der Waals surface area contributed by atoms with E-state index in [4.69, 9.17) is 9.15 Å². The van der Waals surface area contributed by atoms with Gasteiger partial charge in [0.1, 0.15) is 11.5 Å². The van der Waals surface area contributed by atoms with Crippen molar-refractivity contribution < 1.29 is 13.9 Å². The van der Waals surface area contributed by atoms with E-state index in [1.54, 1.807) is 12.3 Å². The lowest BCUT2D eigenvalue weighted by Crippen LogP contribution is -2.03. The van der Waals surface area contributed by atoms with Gasteiger partial charge in [-0.25, -0.2) is 4.79 Å². The van der Waals surface area contributed by atoms with Crippen molar-refractivity contribution in [2.45, 2.75) is 19.8 Å². The van der Waals surface area contributed by atoms with Crippen molar-refractivity contribution in [1.29, 1.82) is 0 Å². The molecule has 0 aromatic carbocycles. The largest absolute Gasteiger partial charge is 0.463 e. The average molecular weight is 271 g/mol.